The van der Waals surface area contributed by atoms with Gasteiger partial charge in [-0.1, -0.05) is 20.8 Å². The SMILES string of the molecule is CCc1cc(NCC2(C(C)C)CC2)ncn1. The molecule has 0 aliphatic heterocycles. The summed E-state index contributed by atoms with van der Waals surface area (Å²) < 4.78 is 0. The first-order valence-corrected chi connectivity index (χ1v) is 6.21. The highest BCUT2D eigenvalue weighted by molar-refractivity contribution is 5.35. The molecule has 1 aliphatic carbocycles. The molecule has 88 valence electrons. The Labute approximate surface area is 97.7 Å². The van der Waals surface area contributed by atoms with E-state index >= 15 is 0 Å². The van der Waals surface area contributed by atoms with Crippen molar-refractivity contribution in [2.45, 2.75) is 40.0 Å². The number of aryl methyl sites for hydroxylation is 1. The summed E-state index contributed by atoms with van der Waals surface area (Å²) in [5.41, 5.74) is 1.63. The van der Waals surface area contributed by atoms with Crippen LogP contribution in [-0.2, 0) is 6.42 Å². The number of anilines is 1. The van der Waals surface area contributed by atoms with Gasteiger partial charge in [0, 0.05) is 18.3 Å². The molecule has 0 atom stereocenters. The summed E-state index contributed by atoms with van der Waals surface area (Å²) in [5, 5.41) is 3.45. The summed E-state index contributed by atoms with van der Waals surface area (Å²) in [6.07, 6.45) is 5.31. The van der Waals surface area contributed by atoms with Crippen LogP contribution in [0.3, 0.4) is 0 Å². The molecule has 1 saturated carbocycles. The molecular weight excluding hydrogens is 198 g/mol. The highest BCUT2D eigenvalue weighted by atomic mass is 15.0. The van der Waals surface area contributed by atoms with E-state index in [0.717, 1.165) is 30.4 Å². The molecule has 1 aromatic heterocycles. The molecule has 0 spiro atoms. The molecule has 3 heteroatoms. The van der Waals surface area contributed by atoms with Crippen molar-refractivity contribution in [2.24, 2.45) is 11.3 Å². The van der Waals surface area contributed by atoms with Crippen LogP contribution in [0.2, 0.25) is 0 Å². The number of hydrogen-bond donors (Lipinski definition) is 1. The predicted octanol–water partition coefficient (Wildman–Crippen LogP) is 2.89. The minimum Gasteiger partial charge on any atom is -0.369 e. The molecule has 2 rings (SSSR count). The molecule has 0 saturated heterocycles. The molecule has 1 heterocycles. The largest absolute Gasteiger partial charge is 0.369 e. The molecule has 1 fully saturated rings. The Balaban J connectivity index is 1.94. The summed E-state index contributed by atoms with van der Waals surface area (Å²) in [4.78, 5) is 8.46. The second-order valence-electron chi connectivity index (χ2n) is 5.12. The van der Waals surface area contributed by atoms with Gasteiger partial charge in [0.25, 0.3) is 0 Å². The lowest BCUT2D eigenvalue weighted by molar-refractivity contribution is 0.380. The van der Waals surface area contributed by atoms with E-state index in [-0.39, 0.29) is 0 Å². The van der Waals surface area contributed by atoms with Gasteiger partial charge in [0.2, 0.25) is 0 Å². The Bertz CT molecular complexity index is 356. The van der Waals surface area contributed by atoms with Gasteiger partial charge in [-0.15, -0.1) is 0 Å². The number of hydrogen-bond acceptors (Lipinski definition) is 3. The van der Waals surface area contributed by atoms with Gasteiger partial charge in [-0.05, 0) is 30.6 Å². The number of aromatic nitrogens is 2. The van der Waals surface area contributed by atoms with Crippen molar-refractivity contribution in [3.05, 3.63) is 18.1 Å². The van der Waals surface area contributed by atoms with Crippen LogP contribution in [0, 0.1) is 11.3 Å². The molecule has 0 unspecified atom stereocenters. The van der Waals surface area contributed by atoms with Gasteiger partial charge in [0.1, 0.15) is 12.1 Å². The smallest absolute Gasteiger partial charge is 0.129 e. The van der Waals surface area contributed by atoms with Crippen LogP contribution in [0.5, 0.6) is 0 Å². The molecule has 0 amide bonds. The van der Waals surface area contributed by atoms with Crippen LogP contribution in [0.15, 0.2) is 12.4 Å². The molecule has 1 aliphatic rings. The Kier molecular flexibility index (Phi) is 3.13. The Hall–Kier alpha value is -1.12. The van der Waals surface area contributed by atoms with Crippen LogP contribution in [0.4, 0.5) is 5.82 Å². The van der Waals surface area contributed by atoms with Gasteiger partial charge in [-0.25, -0.2) is 9.97 Å². The van der Waals surface area contributed by atoms with Gasteiger partial charge >= 0.3 is 0 Å². The van der Waals surface area contributed by atoms with E-state index in [1.54, 1.807) is 6.33 Å². The second kappa shape index (κ2) is 4.40. The van der Waals surface area contributed by atoms with Gasteiger partial charge < -0.3 is 5.32 Å². The van der Waals surface area contributed by atoms with Crippen molar-refractivity contribution in [3.63, 3.8) is 0 Å². The van der Waals surface area contributed by atoms with Crippen molar-refractivity contribution < 1.29 is 0 Å². The van der Waals surface area contributed by atoms with Crippen molar-refractivity contribution in [2.75, 3.05) is 11.9 Å². The van der Waals surface area contributed by atoms with E-state index < -0.39 is 0 Å². The van der Waals surface area contributed by atoms with E-state index in [9.17, 15) is 0 Å². The summed E-state index contributed by atoms with van der Waals surface area (Å²) in [6, 6.07) is 2.05. The van der Waals surface area contributed by atoms with Crippen molar-refractivity contribution >= 4 is 5.82 Å². The highest BCUT2D eigenvalue weighted by Crippen LogP contribution is 2.51. The van der Waals surface area contributed by atoms with E-state index in [1.165, 1.54) is 12.8 Å². The molecule has 1 N–H and O–H groups in total. The molecule has 1 aromatic rings. The second-order valence-corrected chi connectivity index (χ2v) is 5.12. The molecule has 3 nitrogen and oxygen atoms in total. The fourth-order valence-electron chi connectivity index (χ4n) is 2.07. The van der Waals surface area contributed by atoms with E-state index in [0.29, 0.717) is 5.41 Å². The fraction of sp³-hybridized carbons (Fsp3) is 0.692. The van der Waals surface area contributed by atoms with Crippen LogP contribution in [0.25, 0.3) is 0 Å². The third-order valence-corrected chi connectivity index (χ3v) is 3.82. The first kappa shape index (κ1) is 11.4. The maximum atomic E-state index is 4.26. The molecule has 0 bridgehead atoms. The average Bonchev–Trinajstić information content (AvgIpc) is 3.08. The lowest BCUT2D eigenvalue weighted by Gasteiger charge is -2.20. The predicted molar refractivity (Wildman–Crippen MR) is 66.4 cm³/mol. The van der Waals surface area contributed by atoms with Gasteiger partial charge in [0.15, 0.2) is 0 Å². The summed E-state index contributed by atoms with van der Waals surface area (Å²) in [5.74, 6) is 1.73. The van der Waals surface area contributed by atoms with Crippen LogP contribution >= 0.6 is 0 Å². The summed E-state index contributed by atoms with van der Waals surface area (Å²) >= 11 is 0. The quantitative estimate of drug-likeness (QED) is 0.827. The number of nitrogens with one attached hydrogen (secondary N) is 1. The highest BCUT2D eigenvalue weighted by Gasteiger charge is 2.44. The van der Waals surface area contributed by atoms with E-state index in [2.05, 4.69) is 42.1 Å². The zero-order valence-electron chi connectivity index (χ0n) is 10.5. The number of rotatable bonds is 5. The zero-order valence-corrected chi connectivity index (χ0v) is 10.5. The monoisotopic (exact) mass is 219 g/mol. The first-order chi connectivity index (χ1) is 7.66. The third kappa shape index (κ3) is 2.34. The van der Waals surface area contributed by atoms with Crippen LogP contribution in [0.1, 0.15) is 39.3 Å². The van der Waals surface area contributed by atoms with E-state index in [4.69, 9.17) is 0 Å². The standard InChI is InChI=1S/C13H21N3/c1-4-11-7-12(16-9-15-11)14-8-13(5-6-13)10(2)3/h7,9-10H,4-6,8H2,1-3H3,(H,14,15,16). The normalized spacial score (nSPS) is 17.5. The fourth-order valence-corrected chi connectivity index (χ4v) is 2.07. The average molecular weight is 219 g/mol. The molecule has 0 aromatic carbocycles. The topological polar surface area (TPSA) is 37.8 Å². The van der Waals surface area contributed by atoms with E-state index in [1.807, 2.05) is 0 Å². The van der Waals surface area contributed by atoms with Crippen molar-refractivity contribution in [1.82, 2.24) is 9.97 Å². The Morgan fingerprint density at radius 1 is 1.38 bits per heavy atom. The minimum atomic E-state index is 0.525. The lowest BCUT2D eigenvalue weighted by Crippen LogP contribution is -2.21. The first-order valence-electron chi connectivity index (χ1n) is 6.21. The molecular formula is C13H21N3. The summed E-state index contributed by atoms with van der Waals surface area (Å²) in [6.45, 7) is 7.78. The maximum Gasteiger partial charge on any atom is 0.129 e. The van der Waals surface area contributed by atoms with Crippen molar-refractivity contribution in [3.8, 4) is 0 Å². The Morgan fingerprint density at radius 3 is 2.69 bits per heavy atom. The molecule has 16 heavy (non-hydrogen) atoms. The third-order valence-electron chi connectivity index (χ3n) is 3.82. The lowest BCUT2D eigenvalue weighted by atomic mass is 9.92. The Morgan fingerprint density at radius 2 is 2.12 bits per heavy atom. The van der Waals surface area contributed by atoms with Crippen LogP contribution < -0.4 is 5.32 Å². The molecule has 0 radical (unpaired) electrons. The van der Waals surface area contributed by atoms with Crippen molar-refractivity contribution in [1.29, 1.82) is 0 Å². The van der Waals surface area contributed by atoms with Gasteiger partial charge in [0.05, 0.1) is 0 Å². The maximum absolute atomic E-state index is 4.26. The number of nitrogens with zero attached hydrogens (tertiary/aromatic N) is 2. The minimum absolute atomic E-state index is 0.525. The zero-order chi connectivity index (χ0) is 11.6. The van der Waals surface area contributed by atoms with Gasteiger partial charge in [-0.3, -0.25) is 0 Å². The van der Waals surface area contributed by atoms with Crippen LogP contribution in [-0.4, -0.2) is 16.5 Å². The van der Waals surface area contributed by atoms with Gasteiger partial charge in [-0.2, -0.15) is 0 Å². The summed E-state index contributed by atoms with van der Waals surface area (Å²) in [7, 11) is 0.